The van der Waals surface area contributed by atoms with E-state index in [4.69, 9.17) is 11.6 Å². The number of hydrogen-bond acceptors (Lipinski definition) is 2. The molecule has 0 radical (unpaired) electrons. The molecule has 1 amide bonds. The van der Waals surface area contributed by atoms with Crippen molar-refractivity contribution in [1.29, 1.82) is 0 Å². The van der Waals surface area contributed by atoms with Crippen LogP contribution < -0.4 is 5.32 Å². The molecule has 1 unspecified atom stereocenters. The fourth-order valence-corrected chi connectivity index (χ4v) is 3.20. The largest absolute Gasteiger partial charge is 0.480 e. The predicted octanol–water partition coefficient (Wildman–Crippen LogP) is 4.75. The first-order valence-electron chi connectivity index (χ1n) is 9.42. The molecule has 4 nitrogen and oxygen atoms in total. The van der Waals surface area contributed by atoms with Crippen molar-refractivity contribution in [1.82, 2.24) is 5.32 Å². The summed E-state index contributed by atoms with van der Waals surface area (Å²) in [5.74, 6) is -1.33. The van der Waals surface area contributed by atoms with E-state index in [2.05, 4.69) is 5.32 Å². The lowest BCUT2D eigenvalue weighted by Gasteiger charge is -2.15. The van der Waals surface area contributed by atoms with Crippen LogP contribution in [0, 0.1) is 0 Å². The van der Waals surface area contributed by atoms with Crippen molar-refractivity contribution in [2.75, 3.05) is 0 Å². The highest BCUT2D eigenvalue weighted by atomic mass is 35.5. The van der Waals surface area contributed by atoms with Crippen LogP contribution in [0.3, 0.4) is 0 Å². The van der Waals surface area contributed by atoms with Gasteiger partial charge in [0.2, 0.25) is 5.91 Å². The Hall–Kier alpha value is -3.11. The van der Waals surface area contributed by atoms with Crippen molar-refractivity contribution in [3.8, 4) is 11.1 Å². The minimum absolute atomic E-state index is 0.221. The van der Waals surface area contributed by atoms with E-state index >= 15 is 0 Å². The van der Waals surface area contributed by atoms with Gasteiger partial charge in [0.1, 0.15) is 6.04 Å². The number of carbonyl (C=O) groups is 2. The van der Waals surface area contributed by atoms with Gasteiger partial charge in [-0.1, -0.05) is 78.3 Å². The Morgan fingerprint density at radius 1 is 0.828 bits per heavy atom. The van der Waals surface area contributed by atoms with Crippen molar-refractivity contribution >= 4 is 23.5 Å². The highest BCUT2D eigenvalue weighted by Crippen LogP contribution is 2.20. The Kier molecular flexibility index (Phi) is 7.04. The maximum atomic E-state index is 12.2. The first-order valence-corrected chi connectivity index (χ1v) is 9.80. The third-order valence-corrected chi connectivity index (χ3v) is 4.94. The van der Waals surface area contributed by atoms with Gasteiger partial charge in [-0.3, -0.25) is 4.79 Å². The number of nitrogens with one attached hydrogen (secondary N) is 1. The Bertz CT molecular complexity index is 954. The molecule has 3 aromatic rings. The van der Waals surface area contributed by atoms with E-state index in [1.165, 1.54) is 0 Å². The van der Waals surface area contributed by atoms with Crippen molar-refractivity contribution < 1.29 is 14.7 Å². The summed E-state index contributed by atoms with van der Waals surface area (Å²) in [6.45, 7) is 0. The fourth-order valence-electron chi connectivity index (χ4n) is 3.08. The molecule has 0 aliphatic rings. The van der Waals surface area contributed by atoms with Gasteiger partial charge in [-0.25, -0.2) is 4.79 Å². The minimum Gasteiger partial charge on any atom is -0.480 e. The lowest BCUT2D eigenvalue weighted by atomic mass is 10.0. The van der Waals surface area contributed by atoms with Crippen LogP contribution in [0.1, 0.15) is 17.5 Å². The summed E-state index contributed by atoms with van der Waals surface area (Å²) in [5, 5.41) is 12.8. The molecule has 0 bridgehead atoms. The molecule has 2 N–H and O–H groups in total. The zero-order chi connectivity index (χ0) is 20.6. The van der Waals surface area contributed by atoms with Gasteiger partial charge >= 0.3 is 5.97 Å². The van der Waals surface area contributed by atoms with Gasteiger partial charge in [0.05, 0.1) is 0 Å². The molecule has 0 saturated carbocycles. The van der Waals surface area contributed by atoms with Crippen LogP contribution in [-0.4, -0.2) is 23.0 Å². The Morgan fingerprint density at radius 2 is 1.41 bits per heavy atom. The number of carboxylic acid groups (broad SMARTS) is 1. The zero-order valence-corrected chi connectivity index (χ0v) is 16.6. The number of hydrogen-bond donors (Lipinski definition) is 2. The number of carbonyl (C=O) groups excluding carboxylic acids is 1. The van der Waals surface area contributed by atoms with Crippen LogP contribution in [0.5, 0.6) is 0 Å². The number of benzene rings is 3. The third-order valence-electron chi connectivity index (χ3n) is 4.69. The van der Waals surface area contributed by atoms with Crippen LogP contribution >= 0.6 is 11.6 Å². The van der Waals surface area contributed by atoms with E-state index in [1.807, 2.05) is 66.7 Å². The predicted molar refractivity (Wildman–Crippen MR) is 115 cm³/mol. The van der Waals surface area contributed by atoms with Gasteiger partial charge in [0.15, 0.2) is 0 Å². The lowest BCUT2D eigenvalue weighted by Crippen LogP contribution is -2.42. The topological polar surface area (TPSA) is 66.4 Å². The molecule has 0 aliphatic heterocycles. The van der Waals surface area contributed by atoms with Crippen molar-refractivity contribution in [2.45, 2.75) is 25.3 Å². The number of halogens is 1. The van der Waals surface area contributed by atoms with Crippen molar-refractivity contribution in [3.63, 3.8) is 0 Å². The highest BCUT2D eigenvalue weighted by Gasteiger charge is 2.20. The number of aliphatic carboxylic acids is 1. The average Bonchev–Trinajstić information content (AvgIpc) is 2.74. The molecule has 5 heteroatoms. The lowest BCUT2D eigenvalue weighted by molar-refractivity contribution is -0.141. The average molecular weight is 408 g/mol. The Labute approximate surface area is 175 Å². The third kappa shape index (κ3) is 6.19. The van der Waals surface area contributed by atoms with E-state index in [1.54, 1.807) is 12.1 Å². The summed E-state index contributed by atoms with van der Waals surface area (Å²) in [5.41, 5.74) is 4.00. The second-order valence-electron chi connectivity index (χ2n) is 6.85. The molecule has 148 valence electrons. The van der Waals surface area contributed by atoms with Crippen LogP contribution in [0.4, 0.5) is 0 Å². The maximum Gasteiger partial charge on any atom is 0.326 e. The number of rotatable bonds is 8. The van der Waals surface area contributed by atoms with Crippen molar-refractivity contribution in [3.05, 3.63) is 95.0 Å². The monoisotopic (exact) mass is 407 g/mol. The molecule has 0 heterocycles. The van der Waals surface area contributed by atoms with E-state index < -0.39 is 12.0 Å². The van der Waals surface area contributed by atoms with Crippen LogP contribution in [0.15, 0.2) is 78.9 Å². The summed E-state index contributed by atoms with van der Waals surface area (Å²) in [6.07, 6.45) is 0.983. The van der Waals surface area contributed by atoms with Gasteiger partial charge < -0.3 is 10.4 Å². The Balaban J connectivity index is 1.57. The maximum absolute atomic E-state index is 12.2. The van der Waals surface area contributed by atoms with Crippen molar-refractivity contribution in [2.24, 2.45) is 0 Å². The summed E-state index contributed by atoms with van der Waals surface area (Å²) in [7, 11) is 0. The van der Waals surface area contributed by atoms with E-state index in [0.29, 0.717) is 11.4 Å². The van der Waals surface area contributed by atoms with Gasteiger partial charge in [-0.05, 0) is 40.8 Å². The summed E-state index contributed by atoms with van der Waals surface area (Å²) < 4.78 is 0. The first-order chi connectivity index (χ1) is 14.0. The molecule has 29 heavy (non-hydrogen) atoms. The van der Waals surface area contributed by atoms with E-state index in [0.717, 1.165) is 22.3 Å². The summed E-state index contributed by atoms with van der Waals surface area (Å²) in [6, 6.07) is 24.0. The quantitative estimate of drug-likeness (QED) is 0.566. The van der Waals surface area contributed by atoms with Gasteiger partial charge in [0.25, 0.3) is 0 Å². The molecular weight excluding hydrogens is 386 g/mol. The standard InChI is InChI=1S/C24H22ClNO3/c25-21-13-8-17(9-14-21)10-15-23(27)26-22(24(28)29)16-18-6-11-20(12-7-18)19-4-2-1-3-5-19/h1-9,11-14,22H,10,15-16H2,(H,26,27)(H,28,29). The van der Waals surface area contributed by atoms with Crippen LogP contribution in [0.2, 0.25) is 5.02 Å². The molecular formula is C24H22ClNO3. The van der Waals surface area contributed by atoms with Crippen LogP contribution in [-0.2, 0) is 22.4 Å². The first kappa shape index (κ1) is 20.6. The van der Waals surface area contributed by atoms with Gasteiger partial charge in [0, 0.05) is 17.9 Å². The zero-order valence-electron chi connectivity index (χ0n) is 15.8. The summed E-state index contributed by atoms with van der Waals surface area (Å²) in [4.78, 5) is 23.8. The normalized spacial score (nSPS) is 11.6. The minimum atomic E-state index is -1.04. The Morgan fingerprint density at radius 3 is 2.03 bits per heavy atom. The fraction of sp³-hybridized carbons (Fsp3) is 0.167. The molecule has 0 aliphatic carbocycles. The molecule has 1 atom stereocenters. The summed E-state index contributed by atoms with van der Waals surface area (Å²) >= 11 is 5.86. The SMILES string of the molecule is O=C(CCc1ccc(Cl)cc1)NC(Cc1ccc(-c2ccccc2)cc1)C(=O)O. The van der Waals surface area contributed by atoms with Gasteiger partial charge in [-0.15, -0.1) is 0 Å². The molecule has 0 spiro atoms. The van der Waals surface area contributed by atoms with E-state index in [9.17, 15) is 14.7 Å². The number of amides is 1. The van der Waals surface area contributed by atoms with Gasteiger partial charge in [-0.2, -0.15) is 0 Å². The highest BCUT2D eigenvalue weighted by molar-refractivity contribution is 6.30. The van der Waals surface area contributed by atoms with Crippen LogP contribution in [0.25, 0.3) is 11.1 Å². The number of carboxylic acids is 1. The molecule has 0 aromatic heterocycles. The molecule has 0 saturated heterocycles. The smallest absolute Gasteiger partial charge is 0.326 e. The second kappa shape index (κ2) is 9.89. The molecule has 3 aromatic carbocycles. The second-order valence-corrected chi connectivity index (χ2v) is 7.29. The van der Waals surface area contributed by atoms with E-state index in [-0.39, 0.29) is 18.7 Å². The molecule has 0 fully saturated rings. The molecule has 3 rings (SSSR count). The number of aryl methyl sites for hydroxylation is 1.